The van der Waals surface area contributed by atoms with Crippen LogP contribution in [0.25, 0.3) is 11.0 Å². The van der Waals surface area contributed by atoms with Gasteiger partial charge in [0.25, 0.3) is 0 Å². The van der Waals surface area contributed by atoms with E-state index in [2.05, 4.69) is 14.7 Å². The van der Waals surface area contributed by atoms with Crippen molar-refractivity contribution in [1.29, 1.82) is 0 Å². The number of nitrogens with zero attached hydrogens (tertiary/aromatic N) is 1. The summed E-state index contributed by atoms with van der Waals surface area (Å²) in [4.78, 5) is 18.3. The highest BCUT2D eigenvalue weighted by molar-refractivity contribution is 5.77. The highest BCUT2D eigenvalue weighted by atomic mass is 16.7. The van der Waals surface area contributed by atoms with E-state index in [1.165, 1.54) is 7.11 Å². The van der Waals surface area contributed by atoms with Crippen molar-refractivity contribution in [1.82, 2.24) is 9.97 Å². The van der Waals surface area contributed by atoms with Gasteiger partial charge in [0.1, 0.15) is 18.2 Å². The zero-order chi connectivity index (χ0) is 13.7. The van der Waals surface area contributed by atoms with E-state index >= 15 is 0 Å². The quantitative estimate of drug-likeness (QED) is 0.480. The number of hydrogen-bond acceptors (Lipinski definition) is 6. The van der Waals surface area contributed by atoms with Gasteiger partial charge in [-0.05, 0) is 12.1 Å². The molecule has 0 aliphatic carbocycles. The van der Waals surface area contributed by atoms with Crippen LogP contribution in [-0.2, 0) is 16.1 Å². The first-order chi connectivity index (χ1) is 9.22. The van der Waals surface area contributed by atoms with Crippen LogP contribution in [0.4, 0.5) is 4.79 Å². The van der Waals surface area contributed by atoms with Crippen LogP contribution in [0.3, 0.4) is 0 Å². The molecule has 102 valence electrons. The summed E-state index contributed by atoms with van der Waals surface area (Å²) in [6.07, 6.45) is -0.773. The maximum absolute atomic E-state index is 11.0. The smallest absolute Gasteiger partial charge is 0.437 e. The number of nitrogens with one attached hydrogen (secondary N) is 1. The average molecular weight is 266 g/mol. The number of hydrogen-bond donors (Lipinski definition) is 2. The number of carbonyl (C=O) groups is 1. The highest BCUT2D eigenvalue weighted by Crippen LogP contribution is 2.19. The summed E-state index contributed by atoms with van der Waals surface area (Å²) in [6, 6.07) is 4.99. The summed E-state index contributed by atoms with van der Waals surface area (Å²) in [5.74, 6) is 1.00. The minimum atomic E-state index is -0.773. The molecule has 0 spiro atoms. The number of aromatic amines is 1. The summed E-state index contributed by atoms with van der Waals surface area (Å²) in [7, 11) is 1.24. The molecule has 0 aliphatic heterocycles. The van der Waals surface area contributed by atoms with Crippen molar-refractivity contribution < 1.29 is 24.1 Å². The lowest BCUT2D eigenvalue weighted by Crippen LogP contribution is -2.06. The van der Waals surface area contributed by atoms with Crippen LogP contribution in [0.1, 0.15) is 5.82 Å². The number of aliphatic hydroxyl groups excluding tert-OH is 1. The number of aromatic nitrogens is 2. The Morgan fingerprint density at radius 1 is 1.47 bits per heavy atom. The van der Waals surface area contributed by atoms with Crippen LogP contribution in [0.5, 0.6) is 5.75 Å². The third-order valence-corrected chi connectivity index (χ3v) is 2.34. The van der Waals surface area contributed by atoms with Crippen molar-refractivity contribution in [2.24, 2.45) is 0 Å². The number of H-pyrrole nitrogens is 1. The van der Waals surface area contributed by atoms with Crippen LogP contribution in [0.2, 0.25) is 0 Å². The van der Waals surface area contributed by atoms with Gasteiger partial charge in [0.2, 0.25) is 0 Å². The van der Waals surface area contributed by atoms with Crippen molar-refractivity contribution in [3.05, 3.63) is 24.0 Å². The van der Waals surface area contributed by atoms with Crippen molar-refractivity contribution in [3.63, 3.8) is 0 Å². The Morgan fingerprint density at radius 2 is 2.32 bits per heavy atom. The molecular weight excluding hydrogens is 252 g/mol. The first-order valence-electron chi connectivity index (χ1n) is 5.66. The van der Waals surface area contributed by atoms with Crippen molar-refractivity contribution in [2.75, 3.05) is 20.3 Å². The molecule has 2 N–H and O–H groups in total. The molecule has 1 heterocycles. The molecule has 0 unspecified atom stereocenters. The third-order valence-electron chi connectivity index (χ3n) is 2.34. The number of fused-ring (bicyclic) bond motifs is 1. The van der Waals surface area contributed by atoms with E-state index in [4.69, 9.17) is 14.6 Å². The van der Waals surface area contributed by atoms with Crippen LogP contribution in [-0.4, -0.2) is 41.6 Å². The fourth-order valence-electron chi connectivity index (χ4n) is 1.54. The Kier molecular flexibility index (Phi) is 4.32. The van der Waals surface area contributed by atoms with Gasteiger partial charge in [-0.25, -0.2) is 9.78 Å². The van der Waals surface area contributed by atoms with E-state index in [0.29, 0.717) is 11.6 Å². The maximum atomic E-state index is 11.0. The van der Waals surface area contributed by atoms with Crippen LogP contribution in [0.15, 0.2) is 18.2 Å². The normalized spacial score (nSPS) is 10.6. The molecular formula is C12H14N2O5. The largest absolute Gasteiger partial charge is 0.513 e. The van der Waals surface area contributed by atoms with Gasteiger partial charge in [0.15, 0.2) is 0 Å². The monoisotopic (exact) mass is 266 g/mol. The zero-order valence-electron chi connectivity index (χ0n) is 10.4. The van der Waals surface area contributed by atoms with E-state index in [-0.39, 0.29) is 19.8 Å². The average Bonchev–Trinajstić information content (AvgIpc) is 2.81. The van der Waals surface area contributed by atoms with Crippen molar-refractivity contribution >= 4 is 17.2 Å². The highest BCUT2D eigenvalue weighted by Gasteiger charge is 2.07. The molecule has 2 aromatic rings. The Balaban J connectivity index is 2.11. The van der Waals surface area contributed by atoms with E-state index < -0.39 is 6.16 Å². The van der Waals surface area contributed by atoms with Gasteiger partial charge in [0.05, 0.1) is 31.4 Å². The summed E-state index contributed by atoms with van der Waals surface area (Å²) >= 11 is 0. The fourth-order valence-corrected chi connectivity index (χ4v) is 1.54. The lowest BCUT2D eigenvalue weighted by atomic mass is 10.3. The van der Waals surface area contributed by atoms with Gasteiger partial charge < -0.3 is 24.3 Å². The molecule has 0 amide bonds. The number of methoxy groups -OCH3 is 1. The van der Waals surface area contributed by atoms with Gasteiger partial charge in [-0.2, -0.15) is 0 Å². The predicted molar refractivity (Wildman–Crippen MR) is 65.9 cm³/mol. The minimum absolute atomic E-state index is 0.0304. The Bertz CT molecular complexity index is 566. The molecule has 19 heavy (non-hydrogen) atoms. The van der Waals surface area contributed by atoms with Gasteiger partial charge >= 0.3 is 6.16 Å². The molecule has 1 aromatic heterocycles. The third kappa shape index (κ3) is 3.43. The molecule has 0 saturated heterocycles. The molecule has 7 heteroatoms. The van der Waals surface area contributed by atoms with E-state index in [0.717, 1.165) is 11.0 Å². The molecule has 0 saturated carbocycles. The van der Waals surface area contributed by atoms with Crippen LogP contribution in [0, 0.1) is 0 Å². The van der Waals surface area contributed by atoms with Crippen LogP contribution < -0.4 is 4.74 Å². The second-order valence-corrected chi connectivity index (χ2v) is 3.69. The number of rotatable bonds is 5. The summed E-state index contributed by atoms with van der Waals surface area (Å²) in [6.45, 7) is 0.507. The Labute approximate surface area is 109 Å². The van der Waals surface area contributed by atoms with Crippen molar-refractivity contribution in [2.45, 2.75) is 6.61 Å². The first kappa shape index (κ1) is 13.3. The lowest BCUT2D eigenvalue weighted by Gasteiger charge is -2.01. The Hall–Kier alpha value is -2.12. The van der Waals surface area contributed by atoms with Gasteiger partial charge in [-0.3, -0.25) is 0 Å². The molecule has 0 radical (unpaired) electrons. The molecule has 7 nitrogen and oxygen atoms in total. The van der Waals surface area contributed by atoms with Gasteiger partial charge in [-0.1, -0.05) is 0 Å². The predicted octanol–water partition coefficient (Wildman–Crippen LogP) is 1.22. The number of carbonyl (C=O) groups excluding carboxylic acids is 1. The van der Waals surface area contributed by atoms with E-state index in [1.54, 1.807) is 18.2 Å². The molecule has 2 rings (SSSR count). The van der Waals surface area contributed by atoms with Crippen LogP contribution >= 0.6 is 0 Å². The summed E-state index contributed by atoms with van der Waals surface area (Å²) in [5, 5.41) is 8.61. The summed E-state index contributed by atoms with van der Waals surface area (Å²) < 4.78 is 14.5. The SMILES string of the molecule is COC(=O)Oc1ccc2nc(COCCO)[nH]c2c1. The van der Waals surface area contributed by atoms with Crippen molar-refractivity contribution in [3.8, 4) is 5.75 Å². The Morgan fingerprint density at radius 3 is 3.05 bits per heavy atom. The maximum Gasteiger partial charge on any atom is 0.513 e. The molecule has 0 fully saturated rings. The first-order valence-corrected chi connectivity index (χ1v) is 5.66. The number of ether oxygens (including phenoxy) is 3. The zero-order valence-corrected chi connectivity index (χ0v) is 10.4. The minimum Gasteiger partial charge on any atom is -0.437 e. The van der Waals surface area contributed by atoms with E-state index in [1.807, 2.05) is 0 Å². The number of aliphatic hydroxyl groups is 1. The molecule has 0 atom stereocenters. The standard InChI is InChI=1S/C12H14N2O5/c1-17-12(16)19-8-2-3-9-10(6-8)14-11(13-9)7-18-5-4-15/h2-3,6,15H,4-5,7H2,1H3,(H,13,14). The molecule has 1 aromatic carbocycles. The van der Waals surface area contributed by atoms with Gasteiger partial charge in [0, 0.05) is 6.07 Å². The number of benzene rings is 1. The topological polar surface area (TPSA) is 93.7 Å². The van der Waals surface area contributed by atoms with Gasteiger partial charge in [-0.15, -0.1) is 0 Å². The second-order valence-electron chi connectivity index (χ2n) is 3.69. The summed E-state index contributed by atoms with van der Waals surface area (Å²) in [5.41, 5.74) is 1.46. The molecule has 0 aliphatic rings. The lowest BCUT2D eigenvalue weighted by molar-refractivity contribution is 0.0782. The molecule has 0 bridgehead atoms. The fraction of sp³-hybridized carbons (Fsp3) is 0.333. The second kappa shape index (κ2) is 6.17. The number of imidazole rings is 1. The van der Waals surface area contributed by atoms with E-state index in [9.17, 15) is 4.79 Å².